The molecule has 0 bridgehead atoms. The lowest BCUT2D eigenvalue weighted by Gasteiger charge is -2.26. The zero-order chi connectivity index (χ0) is 16.4. The Balaban J connectivity index is 3.11. The summed E-state index contributed by atoms with van der Waals surface area (Å²) in [5.41, 5.74) is 2.59. The molecule has 118 valence electrons. The fraction of sp³-hybridized carbons (Fsp3) is 0.632. The molecule has 2 nitrogen and oxygen atoms in total. The van der Waals surface area contributed by atoms with Crippen LogP contribution in [0.5, 0.6) is 5.75 Å². The smallest absolute Gasteiger partial charge is 0.172 e. The lowest BCUT2D eigenvalue weighted by molar-refractivity contribution is -0.123. The summed E-state index contributed by atoms with van der Waals surface area (Å²) in [6.45, 7) is 17.1. The Morgan fingerprint density at radius 3 is 1.71 bits per heavy atom. The lowest BCUT2D eigenvalue weighted by Crippen LogP contribution is -2.19. The second-order valence-corrected chi connectivity index (χ2v) is 8.16. The topological polar surface area (TPSA) is 26.3 Å². The summed E-state index contributed by atoms with van der Waals surface area (Å²) in [6, 6.07) is 6.36. The Kier molecular flexibility index (Phi) is 5.25. The van der Waals surface area contributed by atoms with Gasteiger partial charge in [0.05, 0.1) is 0 Å². The zero-order valence-corrected chi connectivity index (χ0v) is 14.8. The van der Waals surface area contributed by atoms with Gasteiger partial charge in [-0.3, -0.25) is 4.79 Å². The van der Waals surface area contributed by atoms with Crippen molar-refractivity contribution in [2.75, 3.05) is 6.61 Å². The van der Waals surface area contributed by atoms with Crippen molar-refractivity contribution >= 4 is 5.78 Å². The van der Waals surface area contributed by atoms with Crippen molar-refractivity contribution in [3.8, 4) is 5.75 Å². The minimum atomic E-state index is 0.0119. The van der Waals surface area contributed by atoms with E-state index in [2.05, 4.69) is 59.7 Å². The highest BCUT2D eigenvalue weighted by Crippen LogP contribution is 2.32. The first-order valence-corrected chi connectivity index (χ1v) is 7.73. The molecule has 0 aliphatic heterocycles. The zero-order valence-electron chi connectivity index (χ0n) is 14.8. The maximum absolute atomic E-state index is 11.8. The lowest BCUT2D eigenvalue weighted by atomic mass is 9.80. The molecule has 0 aliphatic rings. The number of benzene rings is 1. The average molecular weight is 290 g/mol. The second-order valence-electron chi connectivity index (χ2n) is 8.16. The van der Waals surface area contributed by atoms with Gasteiger partial charge >= 0.3 is 0 Å². The third-order valence-corrected chi connectivity index (χ3v) is 3.66. The molecule has 0 fully saturated rings. The molecule has 1 aromatic carbocycles. The van der Waals surface area contributed by atoms with Gasteiger partial charge in [0.25, 0.3) is 0 Å². The van der Waals surface area contributed by atoms with E-state index in [0.717, 1.165) is 5.75 Å². The van der Waals surface area contributed by atoms with Crippen molar-refractivity contribution in [1.29, 1.82) is 0 Å². The number of ether oxygens (including phenoxy) is 1. The molecule has 2 heteroatoms. The summed E-state index contributed by atoms with van der Waals surface area (Å²) in [6.07, 6.45) is 0. The minimum absolute atomic E-state index is 0.0119. The van der Waals surface area contributed by atoms with Gasteiger partial charge in [-0.1, -0.05) is 61.5 Å². The number of hydrogen-bond acceptors (Lipinski definition) is 2. The number of rotatable bonds is 4. The SMILES string of the molecule is CC(C)C(=O)COc1cc(C(C)(C)C)cc(C(C)(C)C)c1. The summed E-state index contributed by atoms with van der Waals surface area (Å²) in [5, 5.41) is 0. The van der Waals surface area contributed by atoms with Crippen LogP contribution in [0.2, 0.25) is 0 Å². The molecule has 0 spiro atoms. The van der Waals surface area contributed by atoms with Crippen LogP contribution in [-0.4, -0.2) is 12.4 Å². The summed E-state index contributed by atoms with van der Waals surface area (Å²) in [5.74, 6) is 0.938. The highest BCUT2D eigenvalue weighted by Gasteiger charge is 2.21. The summed E-state index contributed by atoms with van der Waals surface area (Å²) in [7, 11) is 0. The van der Waals surface area contributed by atoms with Gasteiger partial charge in [-0.05, 0) is 34.1 Å². The van der Waals surface area contributed by atoms with Crippen LogP contribution in [0.1, 0.15) is 66.5 Å². The van der Waals surface area contributed by atoms with Crippen LogP contribution in [0.25, 0.3) is 0 Å². The van der Waals surface area contributed by atoms with Crippen LogP contribution in [0.3, 0.4) is 0 Å². The predicted molar refractivity (Wildman–Crippen MR) is 89.2 cm³/mol. The van der Waals surface area contributed by atoms with E-state index in [-0.39, 0.29) is 29.1 Å². The number of Topliss-reactive ketones (excluding diaryl/α,β-unsaturated/α-hetero) is 1. The summed E-state index contributed by atoms with van der Waals surface area (Å²) >= 11 is 0. The molecule has 0 radical (unpaired) electrons. The van der Waals surface area contributed by atoms with Crippen molar-refractivity contribution in [2.24, 2.45) is 5.92 Å². The van der Waals surface area contributed by atoms with Crippen LogP contribution in [-0.2, 0) is 15.6 Å². The Hall–Kier alpha value is -1.31. The monoisotopic (exact) mass is 290 g/mol. The van der Waals surface area contributed by atoms with E-state index in [1.54, 1.807) is 0 Å². The maximum Gasteiger partial charge on any atom is 0.172 e. The van der Waals surface area contributed by atoms with Crippen LogP contribution in [0.4, 0.5) is 0 Å². The normalized spacial score (nSPS) is 12.6. The van der Waals surface area contributed by atoms with E-state index in [1.165, 1.54) is 11.1 Å². The van der Waals surface area contributed by atoms with Gasteiger partial charge in [-0.2, -0.15) is 0 Å². The number of carbonyl (C=O) groups is 1. The molecule has 0 N–H and O–H groups in total. The fourth-order valence-corrected chi connectivity index (χ4v) is 1.87. The summed E-state index contributed by atoms with van der Waals surface area (Å²) in [4.78, 5) is 11.8. The molecular formula is C19H30O2. The number of hydrogen-bond donors (Lipinski definition) is 0. The Labute approximate surface area is 129 Å². The van der Waals surface area contributed by atoms with Gasteiger partial charge in [0.15, 0.2) is 5.78 Å². The Morgan fingerprint density at radius 1 is 0.952 bits per heavy atom. The first-order chi connectivity index (χ1) is 9.41. The van der Waals surface area contributed by atoms with E-state index in [1.807, 2.05) is 13.8 Å². The van der Waals surface area contributed by atoms with Crippen LogP contribution in [0, 0.1) is 5.92 Å². The maximum atomic E-state index is 11.8. The average Bonchev–Trinajstić information content (AvgIpc) is 2.33. The Bertz CT molecular complexity index is 467. The molecule has 0 aliphatic carbocycles. The molecule has 1 rings (SSSR count). The molecule has 0 atom stereocenters. The molecule has 21 heavy (non-hydrogen) atoms. The molecule has 1 aromatic rings. The third-order valence-electron chi connectivity index (χ3n) is 3.66. The van der Waals surface area contributed by atoms with Crippen molar-refractivity contribution in [2.45, 2.75) is 66.2 Å². The second kappa shape index (κ2) is 6.21. The van der Waals surface area contributed by atoms with Crippen molar-refractivity contribution in [3.05, 3.63) is 29.3 Å². The molecule has 0 unspecified atom stereocenters. The van der Waals surface area contributed by atoms with Crippen LogP contribution >= 0.6 is 0 Å². The van der Waals surface area contributed by atoms with Gasteiger partial charge in [-0.25, -0.2) is 0 Å². The Morgan fingerprint density at radius 2 is 1.38 bits per heavy atom. The molecule has 0 aromatic heterocycles. The van der Waals surface area contributed by atoms with E-state index in [4.69, 9.17) is 4.74 Å². The molecule has 0 saturated heterocycles. The first kappa shape index (κ1) is 17.7. The summed E-state index contributed by atoms with van der Waals surface area (Å²) < 4.78 is 5.75. The quantitative estimate of drug-likeness (QED) is 0.789. The van der Waals surface area contributed by atoms with E-state index in [0.29, 0.717) is 0 Å². The van der Waals surface area contributed by atoms with Crippen molar-refractivity contribution in [1.82, 2.24) is 0 Å². The van der Waals surface area contributed by atoms with Gasteiger partial charge < -0.3 is 4.74 Å². The van der Waals surface area contributed by atoms with Gasteiger partial charge in [-0.15, -0.1) is 0 Å². The number of ketones is 1. The number of carbonyl (C=O) groups excluding carboxylic acids is 1. The molecule has 0 saturated carbocycles. The predicted octanol–water partition coefficient (Wildman–Crippen LogP) is 4.89. The highest BCUT2D eigenvalue weighted by atomic mass is 16.5. The van der Waals surface area contributed by atoms with Crippen LogP contribution in [0.15, 0.2) is 18.2 Å². The molecular weight excluding hydrogens is 260 g/mol. The van der Waals surface area contributed by atoms with E-state index < -0.39 is 0 Å². The van der Waals surface area contributed by atoms with E-state index >= 15 is 0 Å². The van der Waals surface area contributed by atoms with Gasteiger partial charge in [0.1, 0.15) is 12.4 Å². The van der Waals surface area contributed by atoms with Crippen LogP contribution < -0.4 is 4.74 Å². The van der Waals surface area contributed by atoms with Crippen molar-refractivity contribution < 1.29 is 9.53 Å². The van der Waals surface area contributed by atoms with Gasteiger partial charge in [0, 0.05) is 5.92 Å². The fourth-order valence-electron chi connectivity index (χ4n) is 1.87. The standard InChI is InChI=1S/C19H30O2/c1-13(2)17(20)12-21-16-10-14(18(3,4)5)9-15(11-16)19(6,7)8/h9-11,13H,12H2,1-8H3. The first-order valence-electron chi connectivity index (χ1n) is 7.73. The van der Waals surface area contributed by atoms with E-state index in [9.17, 15) is 4.79 Å². The molecule has 0 amide bonds. The highest BCUT2D eigenvalue weighted by molar-refractivity contribution is 5.81. The van der Waals surface area contributed by atoms with Crippen molar-refractivity contribution in [3.63, 3.8) is 0 Å². The largest absolute Gasteiger partial charge is 0.486 e. The molecule has 0 heterocycles. The minimum Gasteiger partial charge on any atom is -0.486 e. The van der Waals surface area contributed by atoms with Gasteiger partial charge in [0.2, 0.25) is 0 Å². The third kappa shape index (κ3) is 5.18.